The van der Waals surface area contributed by atoms with E-state index in [2.05, 4.69) is 22.1 Å². The minimum absolute atomic E-state index is 0.0127. The van der Waals surface area contributed by atoms with Gasteiger partial charge in [0.25, 0.3) is 0 Å². The summed E-state index contributed by atoms with van der Waals surface area (Å²) < 4.78 is 0. The van der Waals surface area contributed by atoms with Crippen LogP contribution in [0.1, 0.15) is 95.2 Å². The highest BCUT2D eigenvalue weighted by Gasteiger charge is 2.43. The molecule has 0 saturated carbocycles. The average molecular weight is 539 g/mol. The molecule has 5 atom stereocenters. The lowest BCUT2D eigenvalue weighted by molar-refractivity contribution is -0.144. The molecule has 1 fully saturated rings. The quantitative estimate of drug-likeness (QED) is 0.370. The Labute approximate surface area is 225 Å². The molecular weight excluding hydrogens is 492 g/mol. The molecule has 0 bridgehead atoms. The molecule has 1 aromatic heterocycles. The Bertz CT molecular complexity index is 932. The third-order valence-corrected chi connectivity index (χ3v) is 9.33. The maximum Gasteiger partial charge on any atom is 0.355 e. The number of carboxylic acid groups (broad SMARTS) is 1. The Morgan fingerprint density at radius 2 is 1.92 bits per heavy atom. The summed E-state index contributed by atoms with van der Waals surface area (Å²) in [6, 6.07) is -1.31. The molecule has 1 aromatic rings. The number of carbonyl (C=O) groups is 3. The summed E-state index contributed by atoms with van der Waals surface area (Å²) in [7, 11) is 3.69. The van der Waals surface area contributed by atoms with Gasteiger partial charge in [-0.1, -0.05) is 41.5 Å². The molecule has 0 aromatic carbocycles. The summed E-state index contributed by atoms with van der Waals surface area (Å²) in [5.41, 5.74) is -0.540. The molecule has 0 spiro atoms. The normalized spacial score (nSPS) is 21.4. The molecule has 10 heteroatoms. The van der Waals surface area contributed by atoms with E-state index in [9.17, 15) is 19.5 Å². The van der Waals surface area contributed by atoms with E-state index in [0.717, 1.165) is 43.6 Å². The summed E-state index contributed by atoms with van der Waals surface area (Å²) >= 11 is 1.10. The van der Waals surface area contributed by atoms with Crippen molar-refractivity contribution in [1.82, 2.24) is 20.1 Å². The van der Waals surface area contributed by atoms with Gasteiger partial charge in [-0.25, -0.2) is 9.78 Å². The van der Waals surface area contributed by atoms with Crippen LogP contribution in [0, 0.1) is 17.3 Å². The predicted octanol–water partition coefficient (Wildman–Crippen LogP) is 3.79. The number of carbonyl (C=O) groups excluding carboxylic acids is 2. The number of likely N-dealkylation sites (N-methyl/N-ethyl adjacent to an activating group) is 2. The van der Waals surface area contributed by atoms with Crippen LogP contribution in [0.15, 0.2) is 5.38 Å². The zero-order valence-electron chi connectivity index (χ0n) is 23.7. The molecule has 2 amide bonds. The van der Waals surface area contributed by atoms with Gasteiger partial charge in [0.15, 0.2) is 5.69 Å². The van der Waals surface area contributed by atoms with Crippen LogP contribution < -0.4 is 5.32 Å². The molecule has 0 radical (unpaired) electrons. The van der Waals surface area contributed by atoms with Gasteiger partial charge in [-0.3, -0.25) is 14.5 Å². The van der Waals surface area contributed by atoms with Crippen molar-refractivity contribution < 1.29 is 24.6 Å². The molecule has 0 unspecified atom stereocenters. The van der Waals surface area contributed by atoms with E-state index >= 15 is 0 Å². The Balaban J connectivity index is 2.29. The van der Waals surface area contributed by atoms with Crippen LogP contribution in [0.5, 0.6) is 0 Å². The standard InChI is InChI=1S/C27H46N4O5S/c1-9-27(6,10-2)22(29-23(33)20-13-17(5)11-12-30(20)7)25(34)31(8)19(16(3)4)14-21(32)24-28-18(15-37-24)26(35)36/h15-17,19-22,32H,9-14H2,1-8H3,(H,29,33)(H,35,36)/t17-,19-,20-,21-,22-/m1/s1. The van der Waals surface area contributed by atoms with E-state index < -0.39 is 23.5 Å². The van der Waals surface area contributed by atoms with Crippen molar-refractivity contribution in [3.63, 3.8) is 0 Å². The number of aliphatic hydroxyl groups is 1. The second-order valence-electron chi connectivity index (χ2n) is 11.3. The van der Waals surface area contributed by atoms with E-state index in [1.165, 1.54) is 5.38 Å². The van der Waals surface area contributed by atoms with Gasteiger partial charge in [0, 0.05) is 24.9 Å². The fourth-order valence-corrected chi connectivity index (χ4v) is 5.90. The molecule has 210 valence electrons. The predicted molar refractivity (Wildman–Crippen MR) is 145 cm³/mol. The fraction of sp³-hybridized carbons (Fsp3) is 0.778. The number of nitrogens with zero attached hydrogens (tertiary/aromatic N) is 3. The van der Waals surface area contributed by atoms with Gasteiger partial charge >= 0.3 is 5.97 Å². The lowest BCUT2D eigenvalue weighted by Crippen LogP contribution is -2.61. The average Bonchev–Trinajstić information content (AvgIpc) is 3.36. The first-order valence-corrected chi connectivity index (χ1v) is 14.3. The van der Waals surface area contributed by atoms with Gasteiger partial charge in [-0.05, 0) is 56.5 Å². The van der Waals surface area contributed by atoms with Gasteiger partial charge < -0.3 is 20.4 Å². The molecule has 1 saturated heterocycles. The van der Waals surface area contributed by atoms with E-state index in [1.807, 2.05) is 41.7 Å². The third kappa shape index (κ3) is 7.51. The largest absolute Gasteiger partial charge is 0.476 e. The summed E-state index contributed by atoms with van der Waals surface area (Å²) in [4.78, 5) is 46.5. The molecular formula is C27H46N4O5S. The lowest BCUT2D eigenvalue weighted by Gasteiger charge is -2.42. The summed E-state index contributed by atoms with van der Waals surface area (Å²) in [6.07, 6.45) is 2.47. The van der Waals surface area contributed by atoms with E-state index in [-0.39, 0.29) is 41.9 Å². The molecule has 2 rings (SSSR count). The highest BCUT2D eigenvalue weighted by atomic mass is 32.1. The summed E-state index contributed by atoms with van der Waals surface area (Å²) in [6.45, 7) is 13.1. The van der Waals surface area contributed by atoms with Crippen molar-refractivity contribution in [2.24, 2.45) is 17.3 Å². The molecule has 0 aliphatic carbocycles. The zero-order chi connectivity index (χ0) is 28.1. The van der Waals surface area contributed by atoms with Crippen molar-refractivity contribution >= 4 is 29.1 Å². The van der Waals surface area contributed by atoms with E-state index in [1.54, 1.807) is 11.9 Å². The molecule has 37 heavy (non-hydrogen) atoms. The van der Waals surface area contributed by atoms with Crippen LogP contribution in [0.3, 0.4) is 0 Å². The number of thiazole rings is 1. The third-order valence-electron chi connectivity index (χ3n) is 8.39. The van der Waals surface area contributed by atoms with Crippen molar-refractivity contribution in [2.45, 2.75) is 97.9 Å². The number of aromatic nitrogens is 1. The fourth-order valence-electron chi connectivity index (χ4n) is 5.11. The number of aromatic carboxylic acids is 1. The lowest BCUT2D eigenvalue weighted by atomic mass is 9.76. The highest BCUT2D eigenvalue weighted by molar-refractivity contribution is 7.09. The van der Waals surface area contributed by atoms with Gasteiger partial charge in [0.05, 0.1) is 6.04 Å². The second-order valence-corrected chi connectivity index (χ2v) is 12.2. The van der Waals surface area contributed by atoms with Crippen molar-refractivity contribution in [1.29, 1.82) is 0 Å². The highest BCUT2D eigenvalue weighted by Crippen LogP contribution is 2.34. The second kappa shape index (κ2) is 13.2. The Morgan fingerprint density at radius 3 is 2.43 bits per heavy atom. The summed E-state index contributed by atoms with van der Waals surface area (Å²) in [5, 5.41) is 24.9. The van der Waals surface area contributed by atoms with Crippen molar-refractivity contribution in [2.75, 3.05) is 20.6 Å². The number of carboxylic acids is 1. The van der Waals surface area contributed by atoms with Crippen LogP contribution in [0.4, 0.5) is 0 Å². The first-order chi connectivity index (χ1) is 17.2. The molecule has 9 nitrogen and oxygen atoms in total. The molecule has 3 N–H and O–H groups in total. The van der Waals surface area contributed by atoms with Gasteiger partial charge in [0.2, 0.25) is 11.8 Å². The molecule has 1 aliphatic heterocycles. The number of amides is 2. The minimum Gasteiger partial charge on any atom is -0.476 e. The van der Waals surface area contributed by atoms with Crippen molar-refractivity contribution in [3.8, 4) is 0 Å². The topological polar surface area (TPSA) is 123 Å². The number of aliphatic hydroxyl groups excluding tert-OH is 1. The van der Waals surface area contributed by atoms with Crippen LogP contribution in [0.25, 0.3) is 0 Å². The van der Waals surface area contributed by atoms with Gasteiger partial charge in [-0.2, -0.15) is 0 Å². The SMILES string of the molecule is CCC(C)(CC)[C@H](NC(=O)[C@H]1C[C@H](C)CCN1C)C(=O)N(C)[C@H](C[C@@H](O)c1nc(C(=O)O)cs1)C(C)C. The first kappa shape index (κ1) is 31.2. The van der Waals surface area contributed by atoms with Crippen LogP contribution in [-0.4, -0.2) is 81.5 Å². The molecule has 2 heterocycles. The number of rotatable bonds is 12. The van der Waals surface area contributed by atoms with E-state index in [0.29, 0.717) is 10.9 Å². The number of nitrogens with one attached hydrogen (secondary N) is 1. The maximum atomic E-state index is 14.1. The maximum absolute atomic E-state index is 14.1. The van der Waals surface area contributed by atoms with Gasteiger partial charge in [0.1, 0.15) is 17.2 Å². The number of hydrogen-bond acceptors (Lipinski definition) is 7. The zero-order valence-corrected chi connectivity index (χ0v) is 24.5. The monoisotopic (exact) mass is 538 g/mol. The Kier molecular flexibility index (Phi) is 11.1. The minimum atomic E-state index is -1.14. The van der Waals surface area contributed by atoms with Gasteiger partial charge in [-0.15, -0.1) is 11.3 Å². The smallest absolute Gasteiger partial charge is 0.355 e. The number of likely N-dealkylation sites (tertiary alicyclic amines) is 1. The Hall–Kier alpha value is -2.04. The van der Waals surface area contributed by atoms with E-state index in [4.69, 9.17) is 5.11 Å². The van der Waals surface area contributed by atoms with Crippen LogP contribution >= 0.6 is 11.3 Å². The Morgan fingerprint density at radius 1 is 1.30 bits per heavy atom. The van der Waals surface area contributed by atoms with Crippen LogP contribution in [0.2, 0.25) is 0 Å². The van der Waals surface area contributed by atoms with Crippen molar-refractivity contribution in [3.05, 3.63) is 16.1 Å². The summed E-state index contributed by atoms with van der Waals surface area (Å²) in [5.74, 6) is -0.968. The first-order valence-electron chi connectivity index (χ1n) is 13.4. The number of hydrogen-bond donors (Lipinski definition) is 3. The molecule has 1 aliphatic rings. The number of piperidine rings is 1. The van der Waals surface area contributed by atoms with Crippen LogP contribution in [-0.2, 0) is 9.59 Å².